The van der Waals surface area contributed by atoms with Gasteiger partial charge in [-0.1, -0.05) is 6.92 Å². The summed E-state index contributed by atoms with van der Waals surface area (Å²) in [5.74, 6) is -0.780. The molecular formula is C38H64N2O11. The first-order chi connectivity index (χ1) is 23.5. The van der Waals surface area contributed by atoms with Crippen molar-refractivity contribution >= 4 is 11.9 Å². The minimum atomic E-state index is -1.92. The van der Waals surface area contributed by atoms with Crippen molar-refractivity contribution in [1.29, 1.82) is 0 Å². The van der Waals surface area contributed by atoms with Crippen LogP contribution in [-0.2, 0) is 23.7 Å². The second-order valence-electron chi connectivity index (χ2n) is 15.8. The first-order valence-electron chi connectivity index (χ1n) is 18.1. The molecule has 2 aliphatic rings. The van der Waals surface area contributed by atoms with Gasteiger partial charge in [0.15, 0.2) is 12.4 Å². The van der Waals surface area contributed by atoms with Crippen LogP contribution >= 0.6 is 0 Å². The zero-order chi connectivity index (χ0) is 38.7. The zero-order valence-corrected chi connectivity index (χ0v) is 32.7. The number of hydrogen-bond donors (Lipinski definition) is 4. The fraction of sp³-hybridized carbons (Fsp3) is 0.789. The van der Waals surface area contributed by atoms with E-state index in [1.807, 2.05) is 58.6 Å². The summed E-state index contributed by atoms with van der Waals surface area (Å²) in [5, 5.41) is 47.0. The Morgan fingerprint density at radius 3 is 2.16 bits per heavy atom. The number of rotatable bonds is 7. The number of benzene rings is 1. The Morgan fingerprint density at radius 2 is 1.61 bits per heavy atom. The van der Waals surface area contributed by atoms with E-state index in [9.17, 15) is 30.0 Å². The average Bonchev–Trinajstić information content (AvgIpc) is 3.06. The number of carbonyl (C=O) groups is 2. The summed E-state index contributed by atoms with van der Waals surface area (Å²) in [7, 11) is 7.13. The lowest BCUT2D eigenvalue weighted by Gasteiger charge is -2.58. The molecule has 2 aliphatic heterocycles. The third-order valence-electron chi connectivity index (χ3n) is 12.1. The maximum atomic E-state index is 13.4. The summed E-state index contributed by atoms with van der Waals surface area (Å²) in [4.78, 5) is 30.7. The molecule has 1 aromatic rings. The van der Waals surface area contributed by atoms with Crippen LogP contribution in [0.25, 0.3) is 0 Å². The van der Waals surface area contributed by atoms with Crippen LogP contribution in [0.15, 0.2) is 24.3 Å². The van der Waals surface area contributed by atoms with E-state index in [-0.39, 0.29) is 37.5 Å². The van der Waals surface area contributed by atoms with Crippen molar-refractivity contribution in [3.05, 3.63) is 29.8 Å². The Kier molecular flexibility index (Phi) is 14.1. The number of aliphatic hydroxyl groups is 4. The number of nitrogens with zero attached hydrogens (tertiary/aromatic N) is 2. The highest BCUT2D eigenvalue weighted by molar-refractivity contribution is 5.89. The predicted molar refractivity (Wildman–Crippen MR) is 191 cm³/mol. The number of carbonyl (C=O) groups excluding carboxylic acids is 2. The molecule has 0 saturated carbocycles. The molecule has 292 valence electrons. The topological polar surface area (TPSA) is 168 Å². The van der Waals surface area contributed by atoms with Gasteiger partial charge in [0, 0.05) is 18.0 Å². The summed E-state index contributed by atoms with van der Waals surface area (Å²) >= 11 is 0. The third-order valence-corrected chi connectivity index (χ3v) is 12.1. The van der Waals surface area contributed by atoms with Crippen molar-refractivity contribution in [1.82, 2.24) is 9.80 Å². The quantitative estimate of drug-likeness (QED) is 0.303. The number of ether oxygens (including phenoxy) is 5. The molecule has 1 unspecified atom stereocenters. The molecule has 0 aromatic heterocycles. The van der Waals surface area contributed by atoms with Crippen molar-refractivity contribution in [2.75, 3.05) is 28.3 Å². The van der Waals surface area contributed by atoms with Crippen LogP contribution < -0.4 is 4.74 Å². The first-order valence-corrected chi connectivity index (χ1v) is 18.1. The fourth-order valence-electron chi connectivity index (χ4n) is 7.31. The number of esters is 2. The van der Waals surface area contributed by atoms with Crippen molar-refractivity contribution < 1.29 is 53.7 Å². The van der Waals surface area contributed by atoms with Crippen molar-refractivity contribution in [2.24, 2.45) is 0 Å². The van der Waals surface area contributed by atoms with Gasteiger partial charge in [0.05, 0.1) is 49.6 Å². The van der Waals surface area contributed by atoms with Gasteiger partial charge in [-0.2, -0.15) is 0 Å². The number of likely N-dealkylation sites (N-methyl/N-ethyl adjacent to an activating group) is 2. The maximum Gasteiger partial charge on any atom is 0.338 e. The first kappa shape index (κ1) is 43.0. The van der Waals surface area contributed by atoms with Gasteiger partial charge in [-0.3, -0.25) is 9.69 Å². The molecule has 13 nitrogen and oxygen atoms in total. The third kappa shape index (κ3) is 9.24. The SMILES string of the molecule is CC[C@@]1(C)OC(=O)C[C@@H](O)C[C@@H](O[C@@H]2O[C@H](C)C[C@H](N(C)C)[C@H]2OC(=O)c2ccc(OC)cc2)[C@H](O)CCC(C)N(C)C(C)(C)[C@@](C)(O)[C@]1(C)O. The van der Waals surface area contributed by atoms with Crippen LogP contribution in [0.4, 0.5) is 0 Å². The van der Waals surface area contributed by atoms with Gasteiger partial charge in [0.25, 0.3) is 0 Å². The van der Waals surface area contributed by atoms with E-state index in [0.717, 1.165) is 0 Å². The van der Waals surface area contributed by atoms with E-state index >= 15 is 0 Å². The van der Waals surface area contributed by atoms with Crippen LogP contribution in [0.5, 0.6) is 5.75 Å². The smallest absolute Gasteiger partial charge is 0.338 e. The summed E-state index contributed by atoms with van der Waals surface area (Å²) in [6, 6.07) is 6.04. The predicted octanol–water partition coefficient (Wildman–Crippen LogP) is 3.28. The lowest BCUT2D eigenvalue weighted by Crippen LogP contribution is -2.75. The Labute approximate surface area is 304 Å². The summed E-state index contributed by atoms with van der Waals surface area (Å²) in [6.07, 6.45) is -5.00. The van der Waals surface area contributed by atoms with Crippen LogP contribution in [0, 0.1) is 0 Å². The van der Waals surface area contributed by atoms with Gasteiger partial charge in [-0.25, -0.2) is 4.79 Å². The van der Waals surface area contributed by atoms with Crippen molar-refractivity contribution in [3.8, 4) is 5.75 Å². The molecule has 0 radical (unpaired) electrons. The van der Waals surface area contributed by atoms with E-state index in [4.69, 9.17) is 23.7 Å². The highest BCUT2D eigenvalue weighted by atomic mass is 16.7. The molecular weight excluding hydrogens is 660 g/mol. The normalized spacial score (nSPS) is 39.0. The molecule has 2 saturated heterocycles. The molecule has 11 atom stereocenters. The molecule has 3 rings (SSSR count). The lowest BCUT2D eigenvalue weighted by atomic mass is 9.63. The second-order valence-corrected chi connectivity index (χ2v) is 15.8. The lowest BCUT2D eigenvalue weighted by molar-refractivity contribution is -0.279. The van der Waals surface area contributed by atoms with Crippen LogP contribution in [0.2, 0.25) is 0 Å². The van der Waals surface area contributed by atoms with Crippen LogP contribution in [0.3, 0.4) is 0 Å². The standard InChI is InChI=1S/C38H64N2O11/c1-13-36(6)38(8,46)37(7,45)35(4,5)40(11)23(2)14-19-29(42)30(21-26(41)22-31(43)51-36)49-34-32(28(39(9)10)20-24(3)48-34)50-33(44)25-15-17-27(47-12)18-16-25/h15-18,23-24,26,28-30,32,34,41-42,45-46H,13-14,19-22H2,1-12H3/t23?,24-,26+,28+,29-,30-,32-,34+,36-,37-,38-/m1/s1. The molecule has 13 heteroatoms. The number of hydrogen-bond acceptors (Lipinski definition) is 13. The second kappa shape index (κ2) is 16.8. The van der Waals surface area contributed by atoms with Crippen molar-refractivity contribution in [2.45, 2.75) is 165 Å². The largest absolute Gasteiger partial charge is 0.497 e. The van der Waals surface area contributed by atoms with E-state index in [2.05, 4.69) is 0 Å². The maximum absolute atomic E-state index is 13.4. The fourth-order valence-corrected chi connectivity index (χ4v) is 7.31. The van der Waals surface area contributed by atoms with Gasteiger partial charge >= 0.3 is 11.9 Å². The minimum absolute atomic E-state index is 0.164. The van der Waals surface area contributed by atoms with Crippen LogP contribution in [-0.4, -0.2) is 142 Å². The monoisotopic (exact) mass is 724 g/mol. The van der Waals surface area contributed by atoms with E-state index in [1.165, 1.54) is 21.0 Å². The summed E-state index contributed by atoms with van der Waals surface area (Å²) in [6.45, 7) is 13.8. The molecule has 0 aliphatic carbocycles. The molecule has 0 bridgehead atoms. The van der Waals surface area contributed by atoms with Gasteiger partial charge in [-0.05, 0) is 120 Å². The van der Waals surface area contributed by atoms with E-state index < -0.39 is 71.4 Å². The Balaban J connectivity index is 1.99. The molecule has 1 aromatic carbocycles. The minimum Gasteiger partial charge on any atom is -0.497 e. The summed E-state index contributed by atoms with van der Waals surface area (Å²) in [5.41, 5.74) is -5.99. The zero-order valence-electron chi connectivity index (χ0n) is 32.7. The van der Waals surface area contributed by atoms with Crippen molar-refractivity contribution in [3.63, 3.8) is 0 Å². The highest BCUT2D eigenvalue weighted by Crippen LogP contribution is 2.46. The Morgan fingerprint density at radius 1 is 1.00 bits per heavy atom. The summed E-state index contributed by atoms with van der Waals surface area (Å²) < 4.78 is 29.9. The van der Waals surface area contributed by atoms with Gasteiger partial charge in [0.2, 0.25) is 0 Å². The molecule has 0 amide bonds. The number of methoxy groups -OCH3 is 1. The highest BCUT2D eigenvalue weighted by Gasteiger charge is 2.63. The molecule has 0 spiro atoms. The average molecular weight is 725 g/mol. The molecule has 2 fully saturated rings. The van der Waals surface area contributed by atoms with Gasteiger partial charge in [-0.15, -0.1) is 0 Å². The molecule has 2 heterocycles. The Bertz CT molecular complexity index is 1300. The number of aliphatic hydroxyl groups excluding tert-OH is 2. The van der Waals surface area contributed by atoms with E-state index in [0.29, 0.717) is 24.2 Å². The Hall–Kier alpha value is -2.36. The van der Waals surface area contributed by atoms with Gasteiger partial charge < -0.3 is 49.0 Å². The molecule has 4 N–H and O–H groups in total. The number of cyclic esters (lactones) is 1. The van der Waals surface area contributed by atoms with Gasteiger partial charge in [0.1, 0.15) is 22.6 Å². The molecule has 51 heavy (non-hydrogen) atoms. The van der Waals surface area contributed by atoms with Crippen LogP contribution in [0.1, 0.15) is 104 Å². The van der Waals surface area contributed by atoms with E-state index in [1.54, 1.807) is 38.1 Å².